The van der Waals surface area contributed by atoms with Crippen LogP contribution in [0.5, 0.6) is 0 Å². The van der Waals surface area contributed by atoms with E-state index in [2.05, 4.69) is 0 Å². The SMILES string of the molecule is CCn1cc(C=O)c2cccc([N+](=O)[O-])c21. The van der Waals surface area contributed by atoms with Gasteiger partial charge in [0.2, 0.25) is 0 Å². The third-order valence-corrected chi connectivity index (χ3v) is 2.57. The number of rotatable bonds is 3. The van der Waals surface area contributed by atoms with Crippen LogP contribution in [0, 0.1) is 10.1 Å². The molecule has 0 amide bonds. The molecule has 0 atom stereocenters. The number of fused-ring (bicyclic) bond motifs is 1. The highest BCUT2D eigenvalue weighted by Gasteiger charge is 2.17. The second kappa shape index (κ2) is 3.77. The first-order valence-electron chi connectivity index (χ1n) is 4.90. The van der Waals surface area contributed by atoms with Crippen LogP contribution in [0.1, 0.15) is 17.3 Å². The van der Waals surface area contributed by atoms with Crippen molar-refractivity contribution in [2.75, 3.05) is 0 Å². The maximum atomic E-state index is 10.9. The normalized spacial score (nSPS) is 10.6. The Morgan fingerprint density at radius 2 is 2.25 bits per heavy atom. The molecule has 1 aromatic carbocycles. The van der Waals surface area contributed by atoms with Crippen LogP contribution in [-0.4, -0.2) is 15.8 Å². The number of para-hydroxylation sites is 1. The smallest absolute Gasteiger partial charge is 0.293 e. The quantitative estimate of drug-likeness (QED) is 0.451. The Kier molecular flexibility index (Phi) is 2.44. The highest BCUT2D eigenvalue weighted by Crippen LogP contribution is 2.28. The molecular formula is C11H10N2O3. The molecular weight excluding hydrogens is 208 g/mol. The van der Waals surface area contributed by atoms with Gasteiger partial charge in [0, 0.05) is 29.8 Å². The van der Waals surface area contributed by atoms with E-state index in [0.717, 1.165) is 6.29 Å². The lowest BCUT2D eigenvalue weighted by atomic mass is 10.1. The third-order valence-electron chi connectivity index (χ3n) is 2.57. The zero-order valence-electron chi connectivity index (χ0n) is 8.71. The van der Waals surface area contributed by atoms with Crippen LogP contribution in [-0.2, 0) is 6.54 Å². The van der Waals surface area contributed by atoms with Crippen LogP contribution in [0.25, 0.3) is 10.9 Å². The number of hydrogen-bond donors (Lipinski definition) is 0. The molecule has 0 bridgehead atoms. The van der Waals surface area contributed by atoms with E-state index in [1.165, 1.54) is 6.07 Å². The van der Waals surface area contributed by atoms with E-state index in [-0.39, 0.29) is 5.69 Å². The van der Waals surface area contributed by atoms with Gasteiger partial charge in [-0.1, -0.05) is 12.1 Å². The summed E-state index contributed by atoms with van der Waals surface area (Å²) in [5, 5.41) is 11.5. The van der Waals surface area contributed by atoms with Gasteiger partial charge in [0.1, 0.15) is 5.52 Å². The predicted octanol–water partition coefficient (Wildman–Crippen LogP) is 2.38. The van der Waals surface area contributed by atoms with Crippen LogP contribution < -0.4 is 0 Å². The molecule has 0 aliphatic carbocycles. The molecule has 82 valence electrons. The zero-order valence-corrected chi connectivity index (χ0v) is 8.71. The van der Waals surface area contributed by atoms with Gasteiger partial charge in [-0.05, 0) is 6.92 Å². The Hall–Kier alpha value is -2.17. The highest BCUT2D eigenvalue weighted by atomic mass is 16.6. The molecule has 0 radical (unpaired) electrons. The van der Waals surface area contributed by atoms with Gasteiger partial charge in [0.25, 0.3) is 5.69 Å². The minimum absolute atomic E-state index is 0.0347. The maximum absolute atomic E-state index is 10.9. The van der Waals surface area contributed by atoms with Crippen molar-refractivity contribution in [3.63, 3.8) is 0 Å². The number of non-ortho nitro benzene ring substituents is 1. The van der Waals surface area contributed by atoms with Gasteiger partial charge in [-0.15, -0.1) is 0 Å². The summed E-state index contributed by atoms with van der Waals surface area (Å²) in [5.74, 6) is 0. The average molecular weight is 218 g/mol. The number of nitro groups is 1. The number of carbonyl (C=O) groups is 1. The van der Waals surface area contributed by atoms with Crippen molar-refractivity contribution in [1.29, 1.82) is 0 Å². The minimum Gasteiger partial charge on any atom is -0.341 e. The van der Waals surface area contributed by atoms with Crippen molar-refractivity contribution in [2.45, 2.75) is 13.5 Å². The standard InChI is InChI=1S/C11H10N2O3/c1-2-12-6-8(7-14)9-4-3-5-10(11(9)12)13(15)16/h3-7H,2H2,1H3. The molecule has 5 heteroatoms. The van der Waals surface area contributed by atoms with Crippen molar-refractivity contribution in [1.82, 2.24) is 4.57 Å². The number of nitrogens with zero attached hydrogens (tertiary/aromatic N) is 2. The first-order chi connectivity index (χ1) is 7.69. The molecule has 1 heterocycles. The highest BCUT2D eigenvalue weighted by molar-refractivity contribution is 6.01. The van der Waals surface area contributed by atoms with E-state index in [4.69, 9.17) is 0 Å². The molecule has 0 saturated heterocycles. The number of aromatic nitrogens is 1. The maximum Gasteiger partial charge on any atom is 0.293 e. The van der Waals surface area contributed by atoms with Gasteiger partial charge >= 0.3 is 0 Å². The van der Waals surface area contributed by atoms with E-state index in [9.17, 15) is 14.9 Å². The largest absolute Gasteiger partial charge is 0.341 e. The topological polar surface area (TPSA) is 65.1 Å². The van der Waals surface area contributed by atoms with E-state index < -0.39 is 4.92 Å². The van der Waals surface area contributed by atoms with Crippen LogP contribution in [0.15, 0.2) is 24.4 Å². The second-order valence-corrected chi connectivity index (χ2v) is 3.42. The third kappa shape index (κ3) is 1.37. The Labute approximate surface area is 91.4 Å². The zero-order chi connectivity index (χ0) is 11.7. The summed E-state index contributed by atoms with van der Waals surface area (Å²) in [6, 6.07) is 4.76. The van der Waals surface area contributed by atoms with Crippen molar-refractivity contribution >= 4 is 22.9 Å². The van der Waals surface area contributed by atoms with Crippen molar-refractivity contribution in [3.8, 4) is 0 Å². The van der Waals surface area contributed by atoms with E-state index in [1.54, 1.807) is 22.9 Å². The first-order valence-corrected chi connectivity index (χ1v) is 4.90. The summed E-state index contributed by atoms with van der Waals surface area (Å²) < 4.78 is 1.72. The lowest BCUT2D eigenvalue weighted by Crippen LogP contribution is -1.96. The number of nitro benzene ring substituents is 1. The molecule has 5 nitrogen and oxygen atoms in total. The van der Waals surface area contributed by atoms with Gasteiger partial charge in [0.15, 0.2) is 6.29 Å². The minimum atomic E-state index is -0.428. The number of carbonyl (C=O) groups excluding carboxylic acids is 1. The molecule has 1 aromatic heterocycles. The molecule has 0 spiro atoms. The second-order valence-electron chi connectivity index (χ2n) is 3.42. The summed E-state index contributed by atoms with van der Waals surface area (Å²) >= 11 is 0. The van der Waals surface area contributed by atoms with Gasteiger partial charge in [-0.3, -0.25) is 14.9 Å². The number of aryl methyl sites for hydroxylation is 1. The molecule has 0 N–H and O–H groups in total. The number of hydrogen-bond acceptors (Lipinski definition) is 3. The van der Waals surface area contributed by atoms with Crippen LogP contribution >= 0.6 is 0 Å². The molecule has 0 fully saturated rings. The summed E-state index contributed by atoms with van der Waals surface area (Å²) in [7, 11) is 0. The lowest BCUT2D eigenvalue weighted by Gasteiger charge is -2.00. The fraction of sp³-hybridized carbons (Fsp3) is 0.182. The Morgan fingerprint density at radius 3 is 2.81 bits per heavy atom. The summed E-state index contributed by atoms with van der Waals surface area (Å²) in [6.45, 7) is 2.47. The lowest BCUT2D eigenvalue weighted by molar-refractivity contribution is -0.383. The molecule has 0 unspecified atom stereocenters. The van der Waals surface area contributed by atoms with Gasteiger partial charge in [-0.25, -0.2) is 0 Å². The Balaban J connectivity index is 2.89. The summed E-state index contributed by atoms with van der Waals surface area (Å²) in [5.41, 5.74) is 1.03. The molecule has 16 heavy (non-hydrogen) atoms. The number of benzene rings is 1. The molecule has 2 aromatic rings. The van der Waals surface area contributed by atoms with Gasteiger partial charge in [0.05, 0.1) is 4.92 Å². The fourth-order valence-corrected chi connectivity index (χ4v) is 1.86. The monoisotopic (exact) mass is 218 g/mol. The Morgan fingerprint density at radius 1 is 1.50 bits per heavy atom. The summed E-state index contributed by atoms with van der Waals surface area (Å²) in [4.78, 5) is 21.3. The van der Waals surface area contributed by atoms with Crippen molar-refractivity contribution in [3.05, 3.63) is 40.1 Å². The molecule has 2 rings (SSSR count). The van der Waals surface area contributed by atoms with E-state index in [0.29, 0.717) is 23.0 Å². The van der Waals surface area contributed by atoms with Crippen LogP contribution in [0.4, 0.5) is 5.69 Å². The molecule has 0 saturated carbocycles. The van der Waals surface area contributed by atoms with Crippen molar-refractivity contribution < 1.29 is 9.72 Å². The van der Waals surface area contributed by atoms with E-state index in [1.807, 2.05) is 6.92 Å². The Bertz CT molecular complexity index is 572. The van der Waals surface area contributed by atoms with Gasteiger partial charge < -0.3 is 4.57 Å². The van der Waals surface area contributed by atoms with Crippen molar-refractivity contribution in [2.24, 2.45) is 0 Å². The number of aldehydes is 1. The fourth-order valence-electron chi connectivity index (χ4n) is 1.86. The van der Waals surface area contributed by atoms with Gasteiger partial charge in [-0.2, -0.15) is 0 Å². The van der Waals surface area contributed by atoms with E-state index >= 15 is 0 Å². The first kappa shape index (κ1) is 10.4. The van der Waals surface area contributed by atoms with Crippen LogP contribution in [0.3, 0.4) is 0 Å². The predicted molar refractivity (Wildman–Crippen MR) is 59.7 cm³/mol. The molecule has 0 aliphatic heterocycles. The summed E-state index contributed by atoms with van der Waals surface area (Å²) in [6.07, 6.45) is 2.36. The average Bonchev–Trinajstić information content (AvgIpc) is 2.66. The van der Waals surface area contributed by atoms with Crippen LogP contribution in [0.2, 0.25) is 0 Å². The molecule has 0 aliphatic rings.